The van der Waals surface area contributed by atoms with E-state index in [1.54, 1.807) is 20.8 Å². The lowest BCUT2D eigenvalue weighted by Crippen LogP contribution is -2.48. The predicted molar refractivity (Wildman–Crippen MR) is 64.6 cm³/mol. The Morgan fingerprint density at radius 2 is 2.06 bits per heavy atom. The zero-order valence-electron chi connectivity index (χ0n) is 11.0. The van der Waals surface area contributed by atoms with Crippen molar-refractivity contribution in [1.82, 2.24) is 10.6 Å². The van der Waals surface area contributed by atoms with Crippen LogP contribution in [0.15, 0.2) is 0 Å². The molecule has 1 aliphatic rings. The molecule has 2 N–H and O–H groups in total. The molecule has 5 heteroatoms. The first-order valence-corrected chi connectivity index (χ1v) is 6.08. The highest BCUT2D eigenvalue weighted by atomic mass is 16.6. The van der Waals surface area contributed by atoms with Crippen LogP contribution in [0, 0.1) is 0 Å². The van der Waals surface area contributed by atoms with E-state index in [1.807, 2.05) is 6.92 Å². The van der Waals surface area contributed by atoms with E-state index in [1.165, 1.54) is 0 Å². The lowest BCUT2D eigenvalue weighted by atomic mass is 10.1. The second kappa shape index (κ2) is 5.38. The first-order chi connectivity index (χ1) is 7.78. The van der Waals surface area contributed by atoms with E-state index in [9.17, 15) is 9.59 Å². The van der Waals surface area contributed by atoms with Crippen molar-refractivity contribution >= 4 is 12.0 Å². The van der Waals surface area contributed by atoms with Gasteiger partial charge in [0.1, 0.15) is 11.6 Å². The molecule has 1 heterocycles. The van der Waals surface area contributed by atoms with Gasteiger partial charge in [0.25, 0.3) is 0 Å². The van der Waals surface area contributed by atoms with Crippen LogP contribution in [0.1, 0.15) is 47.0 Å². The summed E-state index contributed by atoms with van der Waals surface area (Å²) in [5, 5.41) is 5.46. The molecule has 98 valence electrons. The summed E-state index contributed by atoms with van der Waals surface area (Å²) in [7, 11) is 0. The molecule has 0 bridgehead atoms. The maximum absolute atomic E-state index is 11.7. The average molecular weight is 242 g/mol. The number of amides is 2. The minimum atomic E-state index is -0.543. The summed E-state index contributed by atoms with van der Waals surface area (Å²) in [6.07, 6.45) is 1.99. The van der Waals surface area contributed by atoms with Gasteiger partial charge in [0, 0.05) is 6.04 Å². The molecule has 0 aromatic carbocycles. The summed E-state index contributed by atoms with van der Waals surface area (Å²) in [5.41, 5.74) is -0.543. The second-order valence-corrected chi connectivity index (χ2v) is 5.54. The molecule has 0 unspecified atom stereocenters. The molecule has 0 aromatic rings. The van der Waals surface area contributed by atoms with Crippen LogP contribution in [0.3, 0.4) is 0 Å². The smallest absolute Gasteiger partial charge is 0.408 e. The molecule has 5 nitrogen and oxygen atoms in total. The molecule has 0 aliphatic carbocycles. The minimum absolute atomic E-state index is 0.124. The molecule has 2 atom stereocenters. The molecular weight excluding hydrogens is 220 g/mol. The van der Waals surface area contributed by atoms with Crippen LogP contribution >= 0.6 is 0 Å². The largest absolute Gasteiger partial charge is 0.444 e. The molecule has 2 amide bonds. The summed E-state index contributed by atoms with van der Waals surface area (Å²) in [5.74, 6) is -0.124. The number of hydrogen-bond donors (Lipinski definition) is 2. The number of ether oxygens (including phenoxy) is 1. The SMILES string of the molecule is C[C@@H]1CCC[C@H](NC(=O)OC(C)(C)C)C(=O)N1. The molecule has 0 aromatic heterocycles. The fraction of sp³-hybridized carbons (Fsp3) is 0.833. The molecule has 0 spiro atoms. The van der Waals surface area contributed by atoms with Crippen molar-refractivity contribution in [2.75, 3.05) is 0 Å². The Labute approximate surface area is 102 Å². The van der Waals surface area contributed by atoms with Gasteiger partial charge in [0.2, 0.25) is 5.91 Å². The van der Waals surface area contributed by atoms with Gasteiger partial charge in [-0.15, -0.1) is 0 Å². The number of hydrogen-bond acceptors (Lipinski definition) is 3. The van der Waals surface area contributed by atoms with Gasteiger partial charge in [-0.3, -0.25) is 4.79 Å². The van der Waals surface area contributed by atoms with E-state index >= 15 is 0 Å². The zero-order valence-corrected chi connectivity index (χ0v) is 11.0. The maximum atomic E-state index is 11.7. The van der Waals surface area contributed by atoms with Gasteiger partial charge in [0.15, 0.2) is 0 Å². The van der Waals surface area contributed by atoms with Crippen molar-refractivity contribution in [3.63, 3.8) is 0 Å². The Kier molecular flexibility index (Phi) is 4.37. The molecule has 0 radical (unpaired) electrons. The van der Waals surface area contributed by atoms with Crippen LogP contribution in [-0.4, -0.2) is 29.7 Å². The van der Waals surface area contributed by atoms with E-state index in [0.717, 1.165) is 12.8 Å². The summed E-state index contributed by atoms with van der Waals surface area (Å²) >= 11 is 0. The highest BCUT2D eigenvalue weighted by Gasteiger charge is 2.26. The second-order valence-electron chi connectivity index (χ2n) is 5.54. The van der Waals surface area contributed by atoms with Gasteiger partial charge in [-0.25, -0.2) is 4.79 Å². The van der Waals surface area contributed by atoms with Crippen LogP contribution in [0.25, 0.3) is 0 Å². The van der Waals surface area contributed by atoms with Gasteiger partial charge >= 0.3 is 6.09 Å². The molecule has 0 saturated carbocycles. The Hall–Kier alpha value is -1.26. The Bertz CT molecular complexity index is 297. The van der Waals surface area contributed by atoms with Gasteiger partial charge < -0.3 is 15.4 Å². The third-order valence-corrected chi connectivity index (χ3v) is 2.53. The van der Waals surface area contributed by atoms with Crippen LogP contribution in [-0.2, 0) is 9.53 Å². The fourth-order valence-electron chi connectivity index (χ4n) is 1.76. The van der Waals surface area contributed by atoms with Gasteiger partial charge in [-0.05, 0) is 47.0 Å². The zero-order chi connectivity index (χ0) is 13.1. The minimum Gasteiger partial charge on any atom is -0.444 e. The van der Waals surface area contributed by atoms with Crippen molar-refractivity contribution in [2.45, 2.75) is 64.6 Å². The van der Waals surface area contributed by atoms with Crippen LogP contribution in [0.5, 0.6) is 0 Å². The van der Waals surface area contributed by atoms with Gasteiger partial charge in [-0.2, -0.15) is 0 Å². The van der Waals surface area contributed by atoms with E-state index < -0.39 is 17.7 Å². The Morgan fingerprint density at radius 1 is 1.41 bits per heavy atom. The van der Waals surface area contributed by atoms with E-state index in [-0.39, 0.29) is 11.9 Å². The number of nitrogens with one attached hydrogen (secondary N) is 2. The third kappa shape index (κ3) is 5.06. The number of carbonyl (C=O) groups is 2. The number of rotatable bonds is 1. The van der Waals surface area contributed by atoms with Crippen molar-refractivity contribution in [1.29, 1.82) is 0 Å². The Balaban J connectivity index is 2.50. The quantitative estimate of drug-likeness (QED) is 0.733. The van der Waals surface area contributed by atoms with Gasteiger partial charge in [-0.1, -0.05) is 0 Å². The van der Waals surface area contributed by atoms with Crippen molar-refractivity contribution in [3.05, 3.63) is 0 Å². The van der Waals surface area contributed by atoms with Crippen LogP contribution < -0.4 is 10.6 Å². The molecule has 1 rings (SSSR count). The van der Waals surface area contributed by atoms with Gasteiger partial charge in [0.05, 0.1) is 0 Å². The average Bonchev–Trinajstić information content (AvgIpc) is 2.25. The lowest BCUT2D eigenvalue weighted by molar-refractivity contribution is -0.123. The highest BCUT2D eigenvalue weighted by molar-refractivity contribution is 5.86. The highest BCUT2D eigenvalue weighted by Crippen LogP contribution is 2.11. The predicted octanol–water partition coefficient (Wildman–Crippen LogP) is 1.57. The van der Waals surface area contributed by atoms with Crippen molar-refractivity contribution in [2.24, 2.45) is 0 Å². The standard InChI is InChI=1S/C12H22N2O3/c1-8-6-5-7-9(10(15)13-8)14-11(16)17-12(2,3)4/h8-9H,5-7H2,1-4H3,(H,13,15)(H,14,16)/t8-,9+/m1/s1. The lowest BCUT2D eigenvalue weighted by Gasteiger charge is -2.22. The first-order valence-electron chi connectivity index (χ1n) is 6.08. The normalized spacial score (nSPS) is 25.8. The van der Waals surface area contributed by atoms with Crippen molar-refractivity contribution in [3.8, 4) is 0 Å². The maximum Gasteiger partial charge on any atom is 0.408 e. The summed E-state index contributed by atoms with van der Waals surface area (Å²) < 4.78 is 5.13. The molecular formula is C12H22N2O3. The van der Waals surface area contributed by atoms with E-state index in [2.05, 4.69) is 10.6 Å². The third-order valence-electron chi connectivity index (χ3n) is 2.53. The number of carbonyl (C=O) groups excluding carboxylic acids is 2. The van der Waals surface area contributed by atoms with Crippen LogP contribution in [0.4, 0.5) is 4.79 Å². The van der Waals surface area contributed by atoms with E-state index in [4.69, 9.17) is 4.74 Å². The molecule has 1 saturated heterocycles. The van der Waals surface area contributed by atoms with Crippen LogP contribution in [0.2, 0.25) is 0 Å². The monoisotopic (exact) mass is 242 g/mol. The summed E-state index contributed by atoms with van der Waals surface area (Å²) in [4.78, 5) is 23.3. The summed E-state index contributed by atoms with van der Waals surface area (Å²) in [6, 6.07) is -0.303. The molecule has 17 heavy (non-hydrogen) atoms. The number of alkyl carbamates (subject to hydrolysis) is 1. The summed E-state index contributed by atoms with van der Waals surface area (Å²) in [6.45, 7) is 7.35. The molecule has 1 fully saturated rings. The fourth-order valence-corrected chi connectivity index (χ4v) is 1.76. The first kappa shape index (κ1) is 13.8. The van der Waals surface area contributed by atoms with E-state index in [0.29, 0.717) is 6.42 Å². The van der Waals surface area contributed by atoms with Crippen molar-refractivity contribution < 1.29 is 14.3 Å². The molecule has 1 aliphatic heterocycles. The topological polar surface area (TPSA) is 67.4 Å². The Morgan fingerprint density at radius 3 is 2.65 bits per heavy atom.